The minimum Gasteiger partial charge on any atom is -0.464 e. The molecule has 2 aromatic heterocycles. The van der Waals surface area contributed by atoms with Crippen LogP contribution in [0.4, 0.5) is 0 Å². The van der Waals surface area contributed by atoms with Crippen LogP contribution in [0.5, 0.6) is 6.01 Å². The van der Waals surface area contributed by atoms with E-state index in [1.807, 2.05) is 6.92 Å². The van der Waals surface area contributed by atoms with Gasteiger partial charge in [-0.2, -0.15) is 0 Å². The Bertz CT molecular complexity index is 829. The Morgan fingerprint density at radius 2 is 2.16 bits per heavy atom. The molecule has 0 amide bonds. The van der Waals surface area contributed by atoms with E-state index in [4.69, 9.17) is 16.3 Å². The van der Waals surface area contributed by atoms with Crippen molar-refractivity contribution in [2.24, 2.45) is 0 Å². The summed E-state index contributed by atoms with van der Waals surface area (Å²) in [6.45, 7) is 2.30. The Kier molecular flexibility index (Phi) is 2.83. The van der Waals surface area contributed by atoms with E-state index in [1.54, 1.807) is 34.9 Å². The van der Waals surface area contributed by atoms with Gasteiger partial charge in [0.1, 0.15) is 0 Å². The highest BCUT2D eigenvalue weighted by atomic mass is 35.5. The van der Waals surface area contributed by atoms with Gasteiger partial charge in [0.25, 0.3) is 0 Å². The first-order valence-electron chi connectivity index (χ1n) is 5.81. The van der Waals surface area contributed by atoms with E-state index in [0.717, 1.165) is 5.39 Å². The van der Waals surface area contributed by atoms with Gasteiger partial charge in [-0.25, -0.2) is 4.40 Å². The van der Waals surface area contributed by atoms with Crippen molar-refractivity contribution in [2.45, 2.75) is 6.92 Å². The maximum absolute atomic E-state index is 12.4. The molecule has 6 heteroatoms. The number of aromatic nitrogens is 3. The molecule has 5 nitrogen and oxygen atoms in total. The van der Waals surface area contributed by atoms with E-state index in [-0.39, 0.29) is 11.1 Å². The van der Waals surface area contributed by atoms with Crippen molar-refractivity contribution in [3.05, 3.63) is 45.7 Å². The van der Waals surface area contributed by atoms with Gasteiger partial charge in [-0.3, -0.25) is 4.79 Å². The SMILES string of the molecule is CCOc1nnc2c(=O)c3ccc(Cl)cc3ccn12. The largest absolute Gasteiger partial charge is 0.464 e. The van der Waals surface area contributed by atoms with Crippen LogP contribution in [0.2, 0.25) is 5.02 Å². The Morgan fingerprint density at radius 3 is 2.95 bits per heavy atom. The fourth-order valence-electron chi connectivity index (χ4n) is 1.95. The van der Waals surface area contributed by atoms with Gasteiger partial charge in [-0.05, 0) is 36.6 Å². The molecular formula is C13H10ClN3O2. The zero-order valence-corrected chi connectivity index (χ0v) is 10.9. The standard InChI is InChI=1S/C13H10ClN3O2/c1-2-19-13-16-15-12-11(18)10-4-3-9(14)7-8(10)5-6-17(12)13/h3-7H,2H2,1H3. The second-order valence-electron chi connectivity index (χ2n) is 3.99. The number of fused-ring (bicyclic) bond motifs is 2. The zero-order chi connectivity index (χ0) is 13.4. The summed E-state index contributed by atoms with van der Waals surface area (Å²) in [7, 11) is 0. The third-order valence-corrected chi connectivity index (χ3v) is 3.04. The molecule has 0 N–H and O–H groups in total. The van der Waals surface area contributed by atoms with E-state index in [9.17, 15) is 4.79 Å². The Balaban J connectivity index is 2.45. The third kappa shape index (κ3) is 1.92. The van der Waals surface area contributed by atoms with Crippen molar-refractivity contribution in [3.8, 4) is 6.01 Å². The van der Waals surface area contributed by atoms with Crippen molar-refractivity contribution < 1.29 is 4.74 Å². The third-order valence-electron chi connectivity index (χ3n) is 2.80. The predicted molar refractivity (Wildman–Crippen MR) is 72.9 cm³/mol. The second-order valence-corrected chi connectivity index (χ2v) is 4.42. The summed E-state index contributed by atoms with van der Waals surface area (Å²) < 4.78 is 6.87. The van der Waals surface area contributed by atoms with Gasteiger partial charge in [0, 0.05) is 16.6 Å². The number of hydrogen-bond donors (Lipinski definition) is 0. The van der Waals surface area contributed by atoms with E-state index in [1.165, 1.54) is 0 Å². The van der Waals surface area contributed by atoms with Crippen LogP contribution >= 0.6 is 11.6 Å². The first-order chi connectivity index (χ1) is 9.20. The summed E-state index contributed by atoms with van der Waals surface area (Å²) in [4.78, 5) is 12.4. The molecule has 2 heterocycles. The quantitative estimate of drug-likeness (QED) is 0.720. The lowest BCUT2D eigenvalue weighted by atomic mass is 10.2. The monoisotopic (exact) mass is 275 g/mol. The summed E-state index contributed by atoms with van der Waals surface area (Å²) in [6.07, 6.45) is 1.71. The minimum absolute atomic E-state index is 0.199. The zero-order valence-electron chi connectivity index (χ0n) is 10.1. The van der Waals surface area contributed by atoms with Crippen LogP contribution in [0.1, 0.15) is 6.92 Å². The van der Waals surface area contributed by atoms with Crippen molar-refractivity contribution in [3.63, 3.8) is 0 Å². The average Bonchev–Trinajstić information content (AvgIpc) is 2.73. The molecule has 19 heavy (non-hydrogen) atoms. The number of hydrogen-bond acceptors (Lipinski definition) is 4. The van der Waals surface area contributed by atoms with Crippen LogP contribution < -0.4 is 10.2 Å². The second kappa shape index (κ2) is 4.51. The lowest BCUT2D eigenvalue weighted by molar-refractivity contribution is 0.309. The summed E-state index contributed by atoms with van der Waals surface area (Å²) >= 11 is 5.94. The Labute approximate surface area is 113 Å². The Morgan fingerprint density at radius 1 is 1.32 bits per heavy atom. The Hall–Kier alpha value is -2.14. The molecule has 0 aliphatic heterocycles. The van der Waals surface area contributed by atoms with Crippen LogP contribution in [0.25, 0.3) is 16.4 Å². The molecule has 0 radical (unpaired) electrons. The van der Waals surface area contributed by atoms with Crippen molar-refractivity contribution in [2.75, 3.05) is 6.61 Å². The molecule has 0 spiro atoms. The van der Waals surface area contributed by atoms with Crippen LogP contribution in [0.15, 0.2) is 35.3 Å². The molecule has 3 rings (SSSR count). The van der Waals surface area contributed by atoms with Gasteiger partial charge in [0.2, 0.25) is 11.1 Å². The van der Waals surface area contributed by atoms with Gasteiger partial charge in [0.05, 0.1) is 6.61 Å². The number of benzene rings is 1. The van der Waals surface area contributed by atoms with E-state index in [0.29, 0.717) is 23.0 Å². The molecule has 0 fully saturated rings. The highest BCUT2D eigenvalue weighted by Crippen LogP contribution is 2.17. The van der Waals surface area contributed by atoms with Crippen LogP contribution in [0.3, 0.4) is 0 Å². The summed E-state index contributed by atoms with van der Waals surface area (Å²) in [5.41, 5.74) is 0.0379. The first-order valence-corrected chi connectivity index (χ1v) is 6.18. The lowest BCUT2D eigenvalue weighted by Crippen LogP contribution is -2.02. The summed E-state index contributed by atoms with van der Waals surface area (Å²) in [6, 6.07) is 7.21. The maximum Gasteiger partial charge on any atom is 0.321 e. The molecule has 96 valence electrons. The number of ether oxygens (including phenoxy) is 1. The minimum atomic E-state index is -0.199. The number of rotatable bonds is 2. The van der Waals surface area contributed by atoms with E-state index < -0.39 is 0 Å². The average molecular weight is 276 g/mol. The van der Waals surface area contributed by atoms with E-state index in [2.05, 4.69) is 10.2 Å². The molecule has 0 bridgehead atoms. The first kappa shape index (κ1) is 11.9. The molecule has 0 aliphatic carbocycles. The normalized spacial score (nSPS) is 11.1. The van der Waals surface area contributed by atoms with Crippen LogP contribution in [-0.2, 0) is 0 Å². The molecule has 0 saturated heterocycles. The molecule has 3 aromatic rings. The van der Waals surface area contributed by atoms with Crippen LogP contribution in [0, 0.1) is 0 Å². The predicted octanol–water partition coefficient (Wildman–Crippen LogP) is 2.29. The van der Waals surface area contributed by atoms with Crippen molar-refractivity contribution >= 4 is 28.0 Å². The van der Waals surface area contributed by atoms with Gasteiger partial charge >= 0.3 is 6.01 Å². The number of nitrogens with zero attached hydrogens (tertiary/aromatic N) is 3. The van der Waals surface area contributed by atoms with Gasteiger partial charge in [-0.1, -0.05) is 16.7 Å². The van der Waals surface area contributed by atoms with Crippen molar-refractivity contribution in [1.82, 2.24) is 14.6 Å². The highest BCUT2D eigenvalue weighted by Gasteiger charge is 2.10. The molecule has 0 aliphatic rings. The summed E-state index contributed by atoms with van der Waals surface area (Å²) in [5, 5.41) is 9.64. The topological polar surface area (TPSA) is 56.5 Å². The fourth-order valence-corrected chi connectivity index (χ4v) is 2.13. The van der Waals surface area contributed by atoms with Gasteiger partial charge in [0.15, 0.2) is 0 Å². The molecular weight excluding hydrogens is 266 g/mol. The molecule has 1 aromatic carbocycles. The molecule has 0 atom stereocenters. The fraction of sp³-hybridized carbons (Fsp3) is 0.154. The summed E-state index contributed by atoms with van der Waals surface area (Å²) in [5.74, 6) is 0. The van der Waals surface area contributed by atoms with Crippen LogP contribution in [-0.4, -0.2) is 21.2 Å². The smallest absolute Gasteiger partial charge is 0.321 e. The van der Waals surface area contributed by atoms with Crippen molar-refractivity contribution in [1.29, 1.82) is 0 Å². The highest BCUT2D eigenvalue weighted by molar-refractivity contribution is 6.31. The lowest BCUT2D eigenvalue weighted by Gasteiger charge is -1.96. The molecule has 0 saturated carbocycles. The molecule has 0 unspecified atom stereocenters. The van der Waals surface area contributed by atoms with Gasteiger partial charge < -0.3 is 4.74 Å². The number of halogens is 1. The van der Waals surface area contributed by atoms with Gasteiger partial charge in [-0.15, -0.1) is 5.10 Å². The van der Waals surface area contributed by atoms with E-state index >= 15 is 0 Å². The maximum atomic E-state index is 12.4.